The Kier molecular flexibility index (Phi) is 5.26. The van der Waals surface area contributed by atoms with Gasteiger partial charge in [0, 0.05) is 12.6 Å². The monoisotopic (exact) mass is 278 g/mol. The van der Waals surface area contributed by atoms with Gasteiger partial charge in [-0.2, -0.15) is 0 Å². The molecule has 5 heteroatoms. The van der Waals surface area contributed by atoms with Crippen LogP contribution in [0.1, 0.15) is 29.8 Å². The van der Waals surface area contributed by atoms with Crippen LogP contribution in [0.25, 0.3) is 0 Å². The lowest BCUT2D eigenvalue weighted by atomic mass is 10.0. The van der Waals surface area contributed by atoms with Crippen molar-refractivity contribution in [2.45, 2.75) is 19.4 Å². The van der Waals surface area contributed by atoms with Crippen LogP contribution in [0.2, 0.25) is 0 Å². The quantitative estimate of drug-likeness (QED) is 0.810. The van der Waals surface area contributed by atoms with E-state index < -0.39 is 17.3 Å². The van der Waals surface area contributed by atoms with Crippen molar-refractivity contribution in [1.29, 1.82) is 0 Å². The molecule has 0 heterocycles. The van der Waals surface area contributed by atoms with Crippen molar-refractivity contribution < 1.29 is 14.3 Å². The van der Waals surface area contributed by atoms with E-state index in [-0.39, 0.29) is 18.7 Å². The molecule has 0 bridgehead atoms. The Bertz CT molecular complexity index is 559. The van der Waals surface area contributed by atoms with Crippen molar-refractivity contribution in [3.63, 3.8) is 0 Å². The highest BCUT2D eigenvalue weighted by molar-refractivity contribution is 5.95. The molecule has 0 aromatic heterocycles. The van der Waals surface area contributed by atoms with E-state index in [0.29, 0.717) is 5.56 Å². The number of benzene rings is 1. The summed E-state index contributed by atoms with van der Waals surface area (Å²) in [4.78, 5) is 13.6. The molecule has 0 spiro atoms. The normalized spacial score (nSPS) is 10.7. The summed E-state index contributed by atoms with van der Waals surface area (Å²) < 4.78 is 13.8. The van der Waals surface area contributed by atoms with Gasteiger partial charge in [0.05, 0.1) is 24.3 Å². The number of aliphatic hydroxyl groups excluding tert-OH is 1. The molecule has 0 saturated carbocycles. The maximum Gasteiger partial charge on any atom is 0.257 e. The van der Waals surface area contributed by atoms with Gasteiger partial charge in [-0.25, -0.2) is 4.39 Å². The molecule has 1 aromatic rings. The number of likely N-dealkylation sites (N-methyl/N-ethyl adjacent to an activating group) is 1. The molecule has 4 nitrogen and oxygen atoms in total. The molecule has 1 aromatic carbocycles. The Morgan fingerprint density at radius 3 is 2.70 bits per heavy atom. The van der Waals surface area contributed by atoms with Crippen molar-refractivity contribution in [3.05, 3.63) is 35.1 Å². The highest BCUT2D eigenvalue weighted by Crippen LogP contribution is 2.18. The molecule has 20 heavy (non-hydrogen) atoms. The van der Waals surface area contributed by atoms with Crippen LogP contribution in [0.15, 0.2) is 18.2 Å². The predicted molar refractivity (Wildman–Crippen MR) is 75.6 cm³/mol. The molecule has 0 atom stereocenters. The van der Waals surface area contributed by atoms with Crippen LogP contribution >= 0.6 is 0 Å². The van der Waals surface area contributed by atoms with Crippen LogP contribution < -0.4 is 5.73 Å². The van der Waals surface area contributed by atoms with E-state index in [1.54, 1.807) is 13.8 Å². The van der Waals surface area contributed by atoms with Crippen molar-refractivity contribution in [3.8, 4) is 11.8 Å². The number of amides is 1. The highest BCUT2D eigenvalue weighted by atomic mass is 19.1. The number of halogens is 1. The highest BCUT2D eigenvalue weighted by Gasteiger charge is 2.29. The molecule has 0 aliphatic heterocycles. The second-order valence-electron chi connectivity index (χ2n) is 5.04. The van der Waals surface area contributed by atoms with Gasteiger partial charge in [0.2, 0.25) is 0 Å². The SMILES string of the molecule is CN(C(=O)c1cc(C#CCN)ccc1F)C(C)(C)CO. The first-order chi connectivity index (χ1) is 9.33. The average Bonchev–Trinajstić information content (AvgIpc) is 2.44. The smallest absolute Gasteiger partial charge is 0.257 e. The van der Waals surface area contributed by atoms with Gasteiger partial charge < -0.3 is 15.7 Å². The van der Waals surface area contributed by atoms with Crippen LogP contribution in [-0.4, -0.2) is 41.7 Å². The van der Waals surface area contributed by atoms with E-state index >= 15 is 0 Å². The Morgan fingerprint density at radius 2 is 2.15 bits per heavy atom. The molecular weight excluding hydrogens is 259 g/mol. The Balaban J connectivity index is 3.15. The Hall–Kier alpha value is -1.90. The van der Waals surface area contributed by atoms with Gasteiger partial charge >= 0.3 is 0 Å². The van der Waals surface area contributed by atoms with Crippen molar-refractivity contribution >= 4 is 5.91 Å². The second-order valence-corrected chi connectivity index (χ2v) is 5.04. The van der Waals surface area contributed by atoms with E-state index in [2.05, 4.69) is 11.8 Å². The van der Waals surface area contributed by atoms with Crippen molar-refractivity contribution in [2.75, 3.05) is 20.2 Å². The fourth-order valence-electron chi connectivity index (χ4n) is 1.48. The van der Waals surface area contributed by atoms with Crippen LogP contribution in [0.5, 0.6) is 0 Å². The minimum Gasteiger partial charge on any atom is -0.394 e. The first-order valence-corrected chi connectivity index (χ1v) is 6.21. The minimum absolute atomic E-state index is 0.0714. The number of nitrogens with zero attached hydrogens (tertiary/aromatic N) is 1. The number of hydrogen-bond donors (Lipinski definition) is 2. The topological polar surface area (TPSA) is 66.6 Å². The van der Waals surface area contributed by atoms with E-state index in [9.17, 15) is 14.3 Å². The number of hydrogen-bond acceptors (Lipinski definition) is 3. The van der Waals surface area contributed by atoms with Gasteiger partial charge in [-0.3, -0.25) is 4.79 Å². The standard InChI is InChI=1S/C15H19FN2O2/c1-15(2,10-19)18(3)14(20)12-9-11(5-4-8-17)6-7-13(12)16/h6-7,9,19H,8,10,17H2,1-3H3. The van der Waals surface area contributed by atoms with Gasteiger partial charge in [-0.1, -0.05) is 11.8 Å². The molecule has 0 saturated heterocycles. The van der Waals surface area contributed by atoms with E-state index in [1.165, 1.54) is 30.1 Å². The summed E-state index contributed by atoms with van der Waals surface area (Å²) in [5.41, 5.74) is 4.95. The minimum atomic E-state index is -0.775. The summed E-state index contributed by atoms with van der Waals surface area (Å²) in [7, 11) is 1.52. The molecule has 0 fully saturated rings. The van der Waals surface area contributed by atoms with E-state index in [4.69, 9.17) is 5.73 Å². The summed E-state index contributed by atoms with van der Waals surface area (Å²) in [6, 6.07) is 4.09. The van der Waals surface area contributed by atoms with E-state index in [1.807, 2.05) is 0 Å². The number of carbonyl (C=O) groups excluding carboxylic acids is 1. The third-order valence-corrected chi connectivity index (χ3v) is 3.13. The molecule has 0 aliphatic carbocycles. The lowest BCUT2D eigenvalue weighted by Crippen LogP contribution is -2.47. The van der Waals surface area contributed by atoms with Crippen LogP contribution in [0, 0.1) is 17.7 Å². The maximum absolute atomic E-state index is 13.8. The predicted octanol–water partition coefficient (Wildman–Crippen LogP) is 0.979. The first kappa shape index (κ1) is 16.2. The maximum atomic E-state index is 13.8. The largest absolute Gasteiger partial charge is 0.394 e. The summed E-state index contributed by atoms with van der Waals surface area (Å²) >= 11 is 0. The lowest BCUT2D eigenvalue weighted by Gasteiger charge is -2.34. The summed E-state index contributed by atoms with van der Waals surface area (Å²) in [5.74, 6) is 4.29. The third kappa shape index (κ3) is 3.56. The van der Waals surface area contributed by atoms with Gasteiger partial charge in [0.1, 0.15) is 5.82 Å². The first-order valence-electron chi connectivity index (χ1n) is 6.21. The van der Waals surface area contributed by atoms with Crippen LogP contribution in [0.3, 0.4) is 0 Å². The van der Waals surface area contributed by atoms with Crippen LogP contribution in [0.4, 0.5) is 4.39 Å². The molecule has 1 amide bonds. The number of nitrogens with two attached hydrogens (primary N) is 1. The number of carbonyl (C=O) groups is 1. The molecule has 1 rings (SSSR count). The lowest BCUT2D eigenvalue weighted by molar-refractivity contribution is 0.0469. The average molecular weight is 278 g/mol. The van der Waals surface area contributed by atoms with Crippen molar-refractivity contribution in [2.24, 2.45) is 5.73 Å². The van der Waals surface area contributed by atoms with Crippen molar-refractivity contribution in [1.82, 2.24) is 4.90 Å². The van der Waals surface area contributed by atoms with Gasteiger partial charge in [-0.05, 0) is 32.0 Å². The zero-order chi connectivity index (χ0) is 15.3. The fraction of sp³-hybridized carbons (Fsp3) is 0.400. The molecule has 3 N–H and O–H groups in total. The summed E-state index contributed by atoms with van der Waals surface area (Å²) in [6.45, 7) is 3.36. The van der Waals surface area contributed by atoms with Gasteiger partial charge in [-0.15, -0.1) is 0 Å². The summed E-state index contributed by atoms with van der Waals surface area (Å²) in [5, 5.41) is 9.28. The summed E-state index contributed by atoms with van der Waals surface area (Å²) in [6.07, 6.45) is 0. The van der Waals surface area contributed by atoms with Crippen LogP contribution in [-0.2, 0) is 0 Å². The molecule has 108 valence electrons. The third-order valence-electron chi connectivity index (χ3n) is 3.13. The van der Waals surface area contributed by atoms with Gasteiger partial charge in [0.25, 0.3) is 5.91 Å². The second kappa shape index (κ2) is 6.51. The zero-order valence-corrected chi connectivity index (χ0v) is 11.9. The molecule has 0 unspecified atom stereocenters. The van der Waals surface area contributed by atoms with E-state index in [0.717, 1.165) is 0 Å². The zero-order valence-electron chi connectivity index (χ0n) is 11.9. The fourth-order valence-corrected chi connectivity index (χ4v) is 1.48. The number of rotatable bonds is 3. The molecular formula is C15H19FN2O2. The Labute approximate surface area is 118 Å². The molecule has 0 aliphatic rings. The Morgan fingerprint density at radius 1 is 1.50 bits per heavy atom. The number of aliphatic hydroxyl groups is 1. The van der Waals surface area contributed by atoms with Gasteiger partial charge in [0.15, 0.2) is 0 Å². The molecule has 0 radical (unpaired) electrons.